The monoisotopic (exact) mass is 574 g/mol. The molecule has 4 rings (SSSR count). The third-order valence-electron chi connectivity index (χ3n) is 6.81. The van der Waals surface area contributed by atoms with Crippen LogP contribution in [0, 0.1) is 0 Å². The van der Waals surface area contributed by atoms with Gasteiger partial charge >= 0.3 is 5.97 Å². The maximum absolute atomic E-state index is 12.6. The number of hydrogen-bond donors (Lipinski definition) is 0. The number of benzene rings is 3. The molecule has 1 unspecified atom stereocenters. The molecule has 0 fully saturated rings. The number of carbonyl (C=O) groups is 2. The maximum Gasteiger partial charge on any atom is 0.341 e. The first-order valence-corrected chi connectivity index (χ1v) is 13.1. The summed E-state index contributed by atoms with van der Waals surface area (Å²) in [7, 11) is 7.43. The second-order valence-electron chi connectivity index (χ2n) is 9.32. The van der Waals surface area contributed by atoms with Gasteiger partial charge in [0.1, 0.15) is 17.9 Å². The average molecular weight is 575 g/mol. The zero-order chi connectivity index (χ0) is 30.2. The summed E-state index contributed by atoms with van der Waals surface area (Å²) >= 11 is 0. The van der Waals surface area contributed by atoms with Gasteiger partial charge in [-0.3, -0.25) is 4.79 Å². The number of methoxy groups -OCH3 is 5. The molecule has 220 valence electrons. The molecule has 0 spiro atoms. The van der Waals surface area contributed by atoms with E-state index in [1.807, 2.05) is 60.7 Å². The number of hydrazone groups is 1. The van der Waals surface area contributed by atoms with Crippen LogP contribution in [0.2, 0.25) is 0 Å². The highest BCUT2D eigenvalue weighted by Crippen LogP contribution is 2.43. The summed E-state index contributed by atoms with van der Waals surface area (Å²) in [5.74, 6) is 1.36. The lowest BCUT2D eigenvalue weighted by Gasteiger charge is -2.22. The first-order valence-electron chi connectivity index (χ1n) is 13.1. The Bertz CT molecular complexity index is 1490. The minimum Gasteiger partial charge on any atom is -0.503 e. The Morgan fingerprint density at radius 3 is 2.26 bits per heavy atom. The van der Waals surface area contributed by atoms with Crippen molar-refractivity contribution in [3.05, 3.63) is 89.2 Å². The smallest absolute Gasteiger partial charge is 0.341 e. The quantitative estimate of drug-likeness (QED) is 0.176. The van der Waals surface area contributed by atoms with Gasteiger partial charge in [0, 0.05) is 18.9 Å². The highest BCUT2D eigenvalue weighted by atomic mass is 16.5. The lowest BCUT2D eigenvalue weighted by Crippen LogP contribution is -2.24. The third kappa shape index (κ3) is 6.33. The molecule has 0 bridgehead atoms. The second kappa shape index (κ2) is 13.6. The highest BCUT2D eigenvalue weighted by molar-refractivity contribution is 6.16. The Balaban J connectivity index is 1.59. The topological polar surface area (TPSA) is 105 Å². The molecule has 10 nitrogen and oxygen atoms in total. The van der Waals surface area contributed by atoms with Crippen molar-refractivity contribution in [2.75, 3.05) is 35.5 Å². The molecule has 42 heavy (non-hydrogen) atoms. The molecule has 1 amide bonds. The minimum atomic E-state index is -0.512. The average Bonchev–Trinajstić information content (AvgIpc) is 3.48. The maximum atomic E-state index is 12.6. The number of ether oxygens (including phenoxy) is 6. The Morgan fingerprint density at radius 1 is 0.929 bits per heavy atom. The number of esters is 1. The summed E-state index contributed by atoms with van der Waals surface area (Å²) in [6.07, 6.45) is 1.82. The summed E-state index contributed by atoms with van der Waals surface area (Å²) in [5.41, 5.74) is 4.05. The molecular weight excluding hydrogens is 540 g/mol. The van der Waals surface area contributed by atoms with Crippen LogP contribution >= 0.6 is 0 Å². The first-order chi connectivity index (χ1) is 20.3. The van der Waals surface area contributed by atoms with Gasteiger partial charge in [-0.15, -0.1) is 0 Å². The van der Waals surface area contributed by atoms with E-state index in [0.717, 1.165) is 22.4 Å². The zero-order valence-corrected chi connectivity index (χ0v) is 24.5. The Hall–Kier alpha value is -4.99. The molecule has 10 heteroatoms. The molecule has 0 saturated carbocycles. The lowest BCUT2D eigenvalue weighted by atomic mass is 9.97. The Kier molecular flexibility index (Phi) is 9.69. The molecule has 1 aliphatic heterocycles. The van der Waals surface area contributed by atoms with E-state index in [0.29, 0.717) is 35.0 Å². The van der Waals surface area contributed by atoms with E-state index >= 15 is 0 Å². The molecule has 0 saturated heterocycles. The van der Waals surface area contributed by atoms with Gasteiger partial charge in [-0.2, -0.15) is 5.10 Å². The largest absolute Gasteiger partial charge is 0.503 e. The zero-order valence-electron chi connectivity index (χ0n) is 24.5. The van der Waals surface area contributed by atoms with Gasteiger partial charge in [0.2, 0.25) is 11.7 Å². The van der Waals surface area contributed by atoms with Gasteiger partial charge in [-0.05, 0) is 41.0 Å². The van der Waals surface area contributed by atoms with E-state index in [2.05, 4.69) is 5.10 Å². The highest BCUT2D eigenvalue weighted by Gasteiger charge is 2.33. The number of nitrogens with zero attached hydrogens (tertiary/aromatic N) is 2. The van der Waals surface area contributed by atoms with Crippen molar-refractivity contribution >= 4 is 23.2 Å². The predicted octanol–water partition coefficient (Wildman–Crippen LogP) is 5.15. The summed E-state index contributed by atoms with van der Waals surface area (Å²) < 4.78 is 32.7. The van der Waals surface area contributed by atoms with Crippen molar-refractivity contribution in [1.29, 1.82) is 0 Å². The van der Waals surface area contributed by atoms with Crippen LogP contribution < -0.4 is 18.9 Å². The SMILES string of the molecule is CO/C=C(/C(=O)OC)c1ccccc1COc1cccc(C2=NN(C(C)=O)C(c3cc(OC)c(OC)c(OC)c3)C2)c1. The summed E-state index contributed by atoms with van der Waals surface area (Å²) in [6, 6.07) is 18.2. The van der Waals surface area contributed by atoms with E-state index in [1.165, 1.54) is 32.4 Å². The third-order valence-corrected chi connectivity index (χ3v) is 6.81. The van der Waals surface area contributed by atoms with E-state index in [-0.39, 0.29) is 24.1 Å². The van der Waals surface area contributed by atoms with Gasteiger partial charge in [0.25, 0.3) is 0 Å². The van der Waals surface area contributed by atoms with Crippen LogP contribution in [0.25, 0.3) is 5.57 Å². The predicted molar refractivity (Wildman–Crippen MR) is 157 cm³/mol. The summed E-state index contributed by atoms with van der Waals surface area (Å²) in [6.45, 7) is 1.67. The number of rotatable bonds is 11. The lowest BCUT2D eigenvalue weighted by molar-refractivity contribution is -0.134. The fraction of sp³-hybridized carbons (Fsp3) is 0.281. The molecular formula is C32H34N2O8. The van der Waals surface area contributed by atoms with E-state index < -0.39 is 5.97 Å². The van der Waals surface area contributed by atoms with Crippen molar-refractivity contribution in [2.45, 2.75) is 26.0 Å². The molecule has 3 aromatic carbocycles. The summed E-state index contributed by atoms with van der Waals surface area (Å²) in [4.78, 5) is 25.0. The molecule has 1 atom stereocenters. The molecule has 0 radical (unpaired) electrons. The minimum absolute atomic E-state index is 0.192. The molecule has 0 aliphatic carbocycles. The molecule has 1 heterocycles. The molecule has 3 aromatic rings. The fourth-order valence-electron chi connectivity index (χ4n) is 4.81. The van der Waals surface area contributed by atoms with Crippen LogP contribution in [-0.2, 0) is 25.7 Å². The normalized spacial score (nSPS) is 14.6. The van der Waals surface area contributed by atoms with Gasteiger partial charge in [0.05, 0.1) is 53.6 Å². The first kappa shape index (κ1) is 30.0. The van der Waals surface area contributed by atoms with Crippen LogP contribution in [0.15, 0.2) is 72.0 Å². The Labute approximate surface area is 245 Å². The molecule has 0 aromatic heterocycles. The van der Waals surface area contributed by atoms with E-state index in [9.17, 15) is 9.59 Å². The standard InChI is InChI=1S/C32H34N2O8/c1-20(35)34-28(23-15-29(38-3)31(40-5)30(16-23)39-4)17-27(33-34)21-11-9-12-24(14-21)42-18-22-10-7-8-13-25(22)26(19-37-2)32(36)41-6/h7-16,19,28H,17-18H2,1-6H3/b26-19+. The van der Waals surface area contributed by atoms with Crippen LogP contribution in [0.4, 0.5) is 0 Å². The van der Waals surface area contributed by atoms with Gasteiger partial charge in [-0.25, -0.2) is 9.80 Å². The van der Waals surface area contributed by atoms with Crippen molar-refractivity contribution in [1.82, 2.24) is 5.01 Å². The van der Waals surface area contributed by atoms with Crippen molar-refractivity contribution < 1.29 is 38.0 Å². The van der Waals surface area contributed by atoms with E-state index in [4.69, 9.17) is 28.4 Å². The van der Waals surface area contributed by atoms with Crippen LogP contribution in [-0.4, -0.2) is 58.1 Å². The van der Waals surface area contributed by atoms with Crippen molar-refractivity contribution in [2.24, 2.45) is 5.10 Å². The molecule has 0 N–H and O–H groups in total. The Morgan fingerprint density at radius 2 is 1.64 bits per heavy atom. The summed E-state index contributed by atoms with van der Waals surface area (Å²) in [5, 5.41) is 6.14. The molecule has 1 aliphatic rings. The number of carbonyl (C=O) groups excluding carboxylic acids is 2. The van der Waals surface area contributed by atoms with Crippen molar-refractivity contribution in [3.63, 3.8) is 0 Å². The number of hydrogen-bond acceptors (Lipinski definition) is 9. The van der Waals surface area contributed by atoms with Crippen molar-refractivity contribution in [3.8, 4) is 23.0 Å². The van der Waals surface area contributed by atoms with Crippen LogP contribution in [0.1, 0.15) is 41.6 Å². The van der Waals surface area contributed by atoms with Gasteiger partial charge < -0.3 is 28.4 Å². The van der Waals surface area contributed by atoms with E-state index in [1.54, 1.807) is 21.3 Å². The van der Waals surface area contributed by atoms with Gasteiger partial charge in [-0.1, -0.05) is 36.4 Å². The van der Waals surface area contributed by atoms with Gasteiger partial charge in [0.15, 0.2) is 11.5 Å². The fourth-order valence-corrected chi connectivity index (χ4v) is 4.81. The second-order valence-corrected chi connectivity index (χ2v) is 9.32. The van der Waals surface area contributed by atoms with Crippen LogP contribution in [0.5, 0.6) is 23.0 Å². The van der Waals surface area contributed by atoms with Crippen LogP contribution in [0.3, 0.4) is 0 Å². The number of amides is 1.